The summed E-state index contributed by atoms with van der Waals surface area (Å²) >= 11 is 0. The number of rotatable bonds is 2. The first-order valence-corrected chi connectivity index (χ1v) is 5.60. The molecule has 0 amide bonds. The summed E-state index contributed by atoms with van der Waals surface area (Å²) in [5, 5.41) is 39.8. The van der Waals surface area contributed by atoms with Gasteiger partial charge in [-0.1, -0.05) is 34.6 Å². The summed E-state index contributed by atoms with van der Waals surface area (Å²) < 4.78 is 0. The van der Waals surface area contributed by atoms with Crippen molar-refractivity contribution in [2.75, 3.05) is 0 Å². The summed E-state index contributed by atoms with van der Waals surface area (Å²) in [4.78, 5) is 0. The largest absolute Gasteiger partial charge is 0.507 e. The molecule has 0 atom stereocenters. The first-order chi connectivity index (χ1) is 9.69. The molecule has 6 nitrogen and oxygen atoms in total. The number of hydrogen-bond acceptors (Lipinski definition) is 6. The predicted molar refractivity (Wildman–Crippen MR) is 75.0 cm³/mol. The molecule has 0 aliphatic rings. The van der Waals surface area contributed by atoms with Crippen LogP contribution in [0.25, 0.3) is 0 Å². The second-order valence-corrected chi connectivity index (χ2v) is 3.61. The van der Waals surface area contributed by atoms with Gasteiger partial charge in [0.25, 0.3) is 0 Å². The summed E-state index contributed by atoms with van der Waals surface area (Å²) in [6.45, 7) is 0. The Morgan fingerprint density at radius 2 is 1.00 bits per heavy atom. The Bertz CT molecular complexity index is 550. The Morgan fingerprint density at radius 3 is 1.29 bits per heavy atom. The molecule has 0 bridgehead atoms. The Kier molecular flexibility index (Phi) is 9.08. The van der Waals surface area contributed by atoms with Gasteiger partial charge in [0.1, 0.15) is 11.5 Å². The standard InChI is InChI=1S/2C7H7NO2.Cu/c2*9-7-4-2-1-3-6(7)5-8-10;/h2*1-5,9-10H;. The van der Waals surface area contributed by atoms with Crippen molar-refractivity contribution in [1.29, 1.82) is 0 Å². The summed E-state index contributed by atoms with van der Waals surface area (Å²) in [5.41, 5.74) is 1.01. The fraction of sp³-hybridized carbons (Fsp3) is 0. The van der Waals surface area contributed by atoms with E-state index in [1.807, 2.05) is 0 Å². The minimum atomic E-state index is 0. The van der Waals surface area contributed by atoms with E-state index in [2.05, 4.69) is 10.3 Å². The van der Waals surface area contributed by atoms with Crippen LogP contribution in [-0.2, 0) is 17.1 Å². The molecule has 0 spiro atoms. The second-order valence-electron chi connectivity index (χ2n) is 3.61. The fourth-order valence-corrected chi connectivity index (χ4v) is 1.32. The predicted octanol–water partition coefficient (Wildman–Crippen LogP) is 2.40. The van der Waals surface area contributed by atoms with Crippen LogP contribution in [0.2, 0.25) is 0 Å². The zero-order valence-corrected chi connectivity index (χ0v) is 11.7. The Hall–Kier alpha value is -2.50. The number of aromatic hydroxyl groups is 2. The van der Waals surface area contributed by atoms with Gasteiger partial charge in [-0.25, -0.2) is 0 Å². The van der Waals surface area contributed by atoms with Crippen molar-refractivity contribution in [2.45, 2.75) is 0 Å². The van der Waals surface area contributed by atoms with Gasteiger partial charge in [0, 0.05) is 28.2 Å². The maximum absolute atomic E-state index is 9.04. The van der Waals surface area contributed by atoms with Crippen molar-refractivity contribution in [3.05, 3.63) is 59.7 Å². The number of nitrogens with zero attached hydrogens (tertiary/aromatic N) is 2. The van der Waals surface area contributed by atoms with Crippen LogP contribution in [0.3, 0.4) is 0 Å². The van der Waals surface area contributed by atoms with Crippen molar-refractivity contribution in [1.82, 2.24) is 0 Å². The topological polar surface area (TPSA) is 106 Å². The van der Waals surface area contributed by atoms with Crippen molar-refractivity contribution in [2.24, 2.45) is 10.3 Å². The molecule has 0 unspecified atom stereocenters. The van der Waals surface area contributed by atoms with Crippen molar-refractivity contribution in [3.63, 3.8) is 0 Å². The normalized spacial score (nSPS) is 9.90. The summed E-state index contributed by atoms with van der Waals surface area (Å²) in [6.07, 6.45) is 2.35. The maximum Gasteiger partial charge on any atom is 0.124 e. The molecule has 0 fully saturated rings. The van der Waals surface area contributed by atoms with E-state index in [9.17, 15) is 0 Å². The number of benzene rings is 2. The molecule has 2 rings (SSSR count). The van der Waals surface area contributed by atoms with Crippen LogP contribution >= 0.6 is 0 Å². The average molecular weight is 338 g/mol. The van der Waals surface area contributed by atoms with Crippen LogP contribution in [0.1, 0.15) is 11.1 Å². The quantitative estimate of drug-likeness (QED) is 0.292. The molecule has 0 aliphatic heterocycles. The molecular formula is C14H14CuN2O4. The van der Waals surface area contributed by atoms with Gasteiger partial charge in [-0.15, -0.1) is 0 Å². The van der Waals surface area contributed by atoms with Crippen LogP contribution in [-0.4, -0.2) is 33.1 Å². The first-order valence-electron chi connectivity index (χ1n) is 5.60. The minimum absolute atomic E-state index is 0. The van der Waals surface area contributed by atoms with Gasteiger partial charge in [-0.3, -0.25) is 0 Å². The summed E-state index contributed by atoms with van der Waals surface area (Å²) in [5.74, 6) is 0.223. The van der Waals surface area contributed by atoms with E-state index in [0.29, 0.717) is 11.1 Å². The molecule has 21 heavy (non-hydrogen) atoms. The van der Waals surface area contributed by atoms with Crippen LogP contribution < -0.4 is 0 Å². The minimum Gasteiger partial charge on any atom is -0.507 e. The fourth-order valence-electron chi connectivity index (χ4n) is 1.32. The third kappa shape index (κ3) is 6.47. The number of phenolic OH excluding ortho intramolecular Hbond substituents is 2. The molecule has 2 aromatic carbocycles. The molecule has 0 aromatic heterocycles. The van der Waals surface area contributed by atoms with Gasteiger partial charge in [-0.05, 0) is 24.3 Å². The third-order valence-electron chi connectivity index (χ3n) is 2.27. The molecule has 0 aliphatic carbocycles. The Morgan fingerprint density at radius 1 is 0.667 bits per heavy atom. The number of para-hydroxylation sites is 2. The number of phenols is 2. The molecule has 115 valence electrons. The summed E-state index contributed by atoms with van der Waals surface area (Å²) in [6, 6.07) is 13.2. The zero-order chi connectivity index (χ0) is 14.8. The first kappa shape index (κ1) is 18.5. The molecule has 0 saturated heterocycles. The van der Waals surface area contributed by atoms with Gasteiger partial charge in [0.15, 0.2) is 0 Å². The average Bonchev–Trinajstić information content (AvgIpc) is 2.45. The Balaban J connectivity index is 0.000000364. The van der Waals surface area contributed by atoms with E-state index < -0.39 is 0 Å². The van der Waals surface area contributed by atoms with Gasteiger partial charge in [0.05, 0.1) is 12.4 Å². The molecule has 0 heterocycles. The van der Waals surface area contributed by atoms with Crippen molar-refractivity contribution in [3.8, 4) is 11.5 Å². The van der Waals surface area contributed by atoms with Crippen LogP contribution in [0.4, 0.5) is 0 Å². The Labute approximate surface area is 132 Å². The van der Waals surface area contributed by atoms with Gasteiger partial charge >= 0.3 is 0 Å². The molecule has 2 aromatic rings. The van der Waals surface area contributed by atoms with E-state index in [1.165, 1.54) is 24.6 Å². The van der Waals surface area contributed by atoms with E-state index in [0.717, 1.165) is 0 Å². The van der Waals surface area contributed by atoms with Crippen LogP contribution in [0.5, 0.6) is 11.5 Å². The van der Waals surface area contributed by atoms with E-state index in [1.54, 1.807) is 36.4 Å². The molecule has 1 radical (unpaired) electrons. The van der Waals surface area contributed by atoms with E-state index >= 15 is 0 Å². The third-order valence-corrected chi connectivity index (χ3v) is 2.27. The zero-order valence-electron chi connectivity index (χ0n) is 10.8. The number of hydrogen-bond donors (Lipinski definition) is 4. The molecule has 4 N–H and O–H groups in total. The maximum atomic E-state index is 9.04. The second kappa shape index (κ2) is 10.3. The van der Waals surface area contributed by atoms with Gasteiger partial charge in [-0.2, -0.15) is 0 Å². The smallest absolute Gasteiger partial charge is 0.124 e. The van der Waals surface area contributed by atoms with E-state index in [4.69, 9.17) is 20.6 Å². The van der Waals surface area contributed by atoms with E-state index in [-0.39, 0.29) is 28.6 Å². The molecule has 7 heteroatoms. The number of oxime groups is 2. The van der Waals surface area contributed by atoms with Crippen molar-refractivity contribution < 1.29 is 37.7 Å². The summed E-state index contributed by atoms with van der Waals surface area (Å²) in [7, 11) is 0. The van der Waals surface area contributed by atoms with Crippen molar-refractivity contribution >= 4 is 12.4 Å². The monoisotopic (exact) mass is 337 g/mol. The van der Waals surface area contributed by atoms with Gasteiger partial charge < -0.3 is 20.6 Å². The van der Waals surface area contributed by atoms with Crippen LogP contribution in [0, 0.1) is 0 Å². The van der Waals surface area contributed by atoms with Crippen LogP contribution in [0.15, 0.2) is 58.8 Å². The molecular weight excluding hydrogens is 324 g/mol. The SMILES string of the molecule is ON=Cc1ccccc1O.ON=Cc1ccccc1O.[Cu]. The molecule has 0 saturated carbocycles. The van der Waals surface area contributed by atoms with Gasteiger partial charge in [0.2, 0.25) is 0 Å².